The molecule has 3 heteroatoms. The lowest BCUT2D eigenvalue weighted by Crippen LogP contribution is -2.45. The molecule has 0 aromatic carbocycles. The highest BCUT2D eigenvalue weighted by Crippen LogP contribution is 2.12. The van der Waals surface area contributed by atoms with Crippen molar-refractivity contribution >= 4 is 5.91 Å². The number of carbonyl (C=O) groups is 1. The molecule has 1 rings (SSSR count). The molecule has 1 heterocycles. The molecule has 0 radical (unpaired) electrons. The number of rotatable bonds is 5. The number of nitrogens with one attached hydrogen (secondary N) is 1. The van der Waals surface area contributed by atoms with Crippen molar-refractivity contribution in [3.05, 3.63) is 0 Å². The van der Waals surface area contributed by atoms with Gasteiger partial charge in [0.25, 0.3) is 0 Å². The quantitative estimate of drug-likeness (QED) is 0.778. The Bertz CT molecular complexity index is 212. The smallest absolute Gasteiger partial charge is 0.225 e. The van der Waals surface area contributed by atoms with E-state index in [-0.39, 0.29) is 5.92 Å². The fourth-order valence-electron chi connectivity index (χ4n) is 2.43. The van der Waals surface area contributed by atoms with Crippen LogP contribution in [0, 0.1) is 5.92 Å². The Labute approximate surface area is 99.6 Å². The van der Waals surface area contributed by atoms with Gasteiger partial charge < -0.3 is 10.2 Å². The first-order valence-electron chi connectivity index (χ1n) is 6.63. The standard InChI is InChI=1S/C13H26N2O/c1-4-7-11(2)13(16)15(3)10-12-8-5-6-9-14-12/h11-12,14H,4-10H2,1-3H3. The van der Waals surface area contributed by atoms with E-state index in [2.05, 4.69) is 12.2 Å². The van der Waals surface area contributed by atoms with Crippen molar-refractivity contribution in [1.29, 1.82) is 0 Å². The SMILES string of the molecule is CCCC(C)C(=O)N(C)CC1CCCCN1. The number of likely N-dealkylation sites (N-methyl/N-ethyl adjacent to an activating group) is 1. The average molecular weight is 226 g/mol. The zero-order chi connectivity index (χ0) is 12.0. The topological polar surface area (TPSA) is 32.3 Å². The summed E-state index contributed by atoms with van der Waals surface area (Å²) in [5, 5.41) is 3.48. The maximum Gasteiger partial charge on any atom is 0.225 e. The van der Waals surface area contributed by atoms with E-state index in [0.29, 0.717) is 11.9 Å². The van der Waals surface area contributed by atoms with Gasteiger partial charge in [0.05, 0.1) is 0 Å². The van der Waals surface area contributed by atoms with Gasteiger partial charge in [-0.1, -0.05) is 26.7 Å². The van der Waals surface area contributed by atoms with Crippen molar-refractivity contribution in [3.63, 3.8) is 0 Å². The molecule has 0 saturated carbocycles. The Balaban J connectivity index is 2.32. The monoisotopic (exact) mass is 226 g/mol. The van der Waals surface area contributed by atoms with Gasteiger partial charge in [-0.2, -0.15) is 0 Å². The van der Waals surface area contributed by atoms with Crippen LogP contribution in [0.15, 0.2) is 0 Å². The molecule has 1 N–H and O–H groups in total. The van der Waals surface area contributed by atoms with Gasteiger partial charge in [-0.05, 0) is 25.8 Å². The summed E-state index contributed by atoms with van der Waals surface area (Å²) in [6.07, 6.45) is 5.87. The molecule has 1 amide bonds. The highest BCUT2D eigenvalue weighted by Gasteiger charge is 2.20. The molecule has 1 fully saturated rings. The van der Waals surface area contributed by atoms with Crippen molar-refractivity contribution in [2.24, 2.45) is 5.92 Å². The maximum absolute atomic E-state index is 12.0. The third kappa shape index (κ3) is 4.12. The van der Waals surface area contributed by atoms with Crippen molar-refractivity contribution in [2.45, 2.75) is 52.0 Å². The van der Waals surface area contributed by atoms with Gasteiger partial charge in [0.15, 0.2) is 0 Å². The minimum absolute atomic E-state index is 0.179. The molecule has 2 unspecified atom stereocenters. The Morgan fingerprint density at radius 1 is 1.50 bits per heavy atom. The zero-order valence-electron chi connectivity index (χ0n) is 11.0. The van der Waals surface area contributed by atoms with E-state index in [4.69, 9.17) is 0 Å². The van der Waals surface area contributed by atoms with Gasteiger partial charge in [-0.25, -0.2) is 0 Å². The van der Waals surface area contributed by atoms with Gasteiger partial charge >= 0.3 is 0 Å². The molecule has 94 valence electrons. The summed E-state index contributed by atoms with van der Waals surface area (Å²) in [6, 6.07) is 0.511. The molecule has 0 aromatic heterocycles. The van der Waals surface area contributed by atoms with Gasteiger partial charge in [-0.15, -0.1) is 0 Å². The molecule has 0 spiro atoms. The zero-order valence-corrected chi connectivity index (χ0v) is 11.0. The fraction of sp³-hybridized carbons (Fsp3) is 0.923. The summed E-state index contributed by atoms with van der Waals surface area (Å²) in [5.41, 5.74) is 0. The van der Waals surface area contributed by atoms with Gasteiger partial charge in [0.2, 0.25) is 5.91 Å². The minimum Gasteiger partial charge on any atom is -0.344 e. The van der Waals surface area contributed by atoms with E-state index < -0.39 is 0 Å². The Morgan fingerprint density at radius 3 is 2.81 bits per heavy atom. The molecule has 2 atom stereocenters. The van der Waals surface area contributed by atoms with Crippen LogP contribution in [0.5, 0.6) is 0 Å². The molecule has 0 aromatic rings. The Kier molecular flexibility index (Phi) is 5.81. The van der Waals surface area contributed by atoms with Crippen LogP contribution >= 0.6 is 0 Å². The molecular formula is C13H26N2O. The second-order valence-electron chi connectivity index (χ2n) is 5.06. The third-order valence-corrected chi connectivity index (χ3v) is 3.43. The second kappa shape index (κ2) is 6.89. The first-order valence-corrected chi connectivity index (χ1v) is 6.63. The Hall–Kier alpha value is -0.570. The molecule has 1 aliphatic rings. The number of nitrogens with zero attached hydrogens (tertiary/aromatic N) is 1. The van der Waals surface area contributed by atoms with E-state index in [9.17, 15) is 4.79 Å². The minimum atomic E-state index is 0.179. The van der Waals surface area contributed by atoms with Crippen molar-refractivity contribution in [3.8, 4) is 0 Å². The molecule has 1 aliphatic heterocycles. The molecule has 1 saturated heterocycles. The van der Waals surface area contributed by atoms with Crippen LogP contribution in [0.2, 0.25) is 0 Å². The predicted octanol–water partition coefficient (Wildman–Crippen LogP) is 2.02. The normalized spacial score (nSPS) is 22.8. The van der Waals surface area contributed by atoms with Crippen LogP contribution in [-0.4, -0.2) is 37.0 Å². The van der Waals surface area contributed by atoms with Crippen LogP contribution < -0.4 is 5.32 Å². The van der Waals surface area contributed by atoms with Crippen LogP contribution in [0.25, 0.3) is 0 Å². The first-order chi connectivity index (χ1) is 7.65. The second-order valence-corrected chi connectivity index (χ2v) is 5.06. The van der Waals surface area contributed by atoms with Gasteiger partial charge in [0, 0.05) is 25.6 Å². The number of carbonyl (C=O) groups excluding carboxylic acids is 1. The molecular weight excluding hydrogens is 200 g/mol. The van der Waals surface area contributed by atoms with Crippen molar-refractivity contribution in [2.75, 3.05) is 20.1 Å². The lowest BCUT2D eigenvalue weighted by Gasteiger charge is -2.29. The first kappa shape index (κ1) is 13.5. The van der Waals surface area contributed by atoms with Crippen LogP contribution in [0.1, 0.15) is 46.0 Å². The molecule has 0 aliphatic carbocycles. The van der Waals surface area contributed by atoms with Crippen LogP contribution in [0.3, 0.4) is 0 Å². The summed E-state index contributed by atoms with van der Waals surface area (Å²) in [7, 11) is 1.94. The maximum atomic E-state index is 12.0. The lowest BCUT2D eigenvalue weighted by molar-refractivity contribution is -0.134. The predicted molar refractivity (Wildman–Crippen MR) is 67.4 cm³/mol. The highest BCUT2D eigenvalue weighted by atomic mass is 16.2. The van der Waals surface area contributed by atoms with Gasteiger partial charge in [0.1, 0.15) is 0 Å². The van der Waals surface area contributed by atoms with E-state index >= 15 is 0 Å². The van der Waals surface area contributed by atoms with Crippen molar-refractivity contribution in [1.82, 2.24) is 10.2 Å². The lowest BCUT2D eigenvalue weighted by atomic mass is 10.0. The molecule has 3 nitrogen and oxygen atoms in total. The summed E-state index contributed by atoms with van der Waals surface area (Å²) >= 11 is 0. The number of hydrogen-bond donors (Lipinski definition) is 1. The van der Waals surface area contributed by atoms with Crippen LogP contribution in [-0.2, 0) is 4.79 Å². The number of piperidine rings is 1. The number of amides is 1. The summed E-state index contributed by atoms with van der Waals surface area (Å²) in [4.78, 5) is 13.9. The third-order valence-electron chi connectivity index (χ3n) is 3.43. The number of hydrogen-bond acceptors (Lipinski definition) is 2. The van der Waals surface area contributed by atoms with Crippen molar-refractivity contribution < 1.29 is 4.79 Å². The molecule has 0 bridgehead atoms. The highest BCUT2D eigenvalue weighted by molar-refractivity contribution is 5.78. The summed E-state index contributed by atoms with van der Waals surface area (Å²) in [6.45, 7) is 6.15. The average Bonchev–Trinajstić information content (AvgIpc) is 2.29. The van der Waals surface area contributed by atoms with E-state index in [1.54, 1.807) is 0 Å². The molecule has 16 heavy (non-hydrogen) atoms. The largest absolute Gasteiger partial charge is 0.344 e. The van der Waals surface area contributed by atoms with Gasteiger partial charge in [-0.3, -0.25) is 4.79 Å². The van der Waals surface area contributed by atoms with E-state index in [0.717, 1.165) is 25.9 Å². The summed E-state index contributed by atoms with van der Waals surface area (Å²) < 4.78 is 0. The van der Waals surface area contributed by atoms with Crippen LogP contribution in [0.4, 0.5) is 0 Å². The fourth-order valence-corrected chi connectivity index (χ4v) is 2.43. The Morgan fingerprint density at radius 2 is 2.25 bits per heavy atom. The summed E-state index contributed by atoms with van der Waals surface area (Å²) in [5.74, 6) is 0.479. The van der Waals surface area contributed by atoms with E-state index in [1.807, 2.05) is 18.9 Å². The van der Waals surface area contributed by atoms with E-state index in [1.165, 1.54) is 19.3 Å².